The normalized spacial score (nSPS) is 16.9. The van der Waals surface area contributed by atoms with Crippen molar-refractivity contribution in [2.45, 2.75) is 23.2 Å². The van der Waals surface area contributed by atoms with Crippen LogP contribution in [0.2, 0.25) is 0 Å². The van der Waals surface area contributed by atoms with Crippen molar-refractivity contribution in [3.63, 3.8) is 0 Å². The molecule has 1 fully saturated rings. The van der Waals surface area contributed by atoms with E-state index in [9.17, 15) is 13.2 Å². The first-order valence-electron chi connectivity index (χ1n) is 7.03. The van der Waals surface area contributed by atoms with Gasteiger partial charge in [0.2, 0.25) is 15.0 Å². The molecule has 0 N–H and O–H groups in total. The van der Waals surface area contributed by atoms with Crippen molar-refractivity contribution < 1.29 is 13.2 Å². The van der Waals surface area contributed by atoms with E-state index in [-0.39, 0.29) is 11.1 Å². The number of sulfone groups is 1. The van der Waals surface area contributed by atoms with Gasteiger partial charge in [-0.1, -0.05) is 0 Å². The van der Waals surface area contributed by atoms with Crippen LogP contribution in [-0.4, -0.2) is 47.1 Å². The van der Waals surface area contributed by atoms with Gasteiger partial charge in [-0.15, -0.1) is 0 Å². The lowest BCUT2D eigenvalue weighted by molar-refractivity contribution is 0.0726. The van der Waals surface area contributed by atoms with E-state index in [0.29, 0.717) is 31.5 Å². The summed E-state index contributed by atoms with van der Waals surface area (Å²) in [7, 11) is -1.76. The van der Waals surface area contributed by atoms with Crippen LogP contribution in [0.4, 0.5) is 0 Å². The van der Waals surface area contributed by atoms with Crippen LogP contribution < -0.4 is 0 Å². The molecule has 1 amide bonds. The lowest BCUT2D eigenvalue weighted by atomic mass is 10.1. The molecule has 1 aliphatic rings. The first kappa shape index (κ1) is 15.2. The average Bonchev–Trinajstić information content (AvgIpc) is 3.18. The molecular weight excluding hydrogens is 322 g/mol. The molecule has 0 saturated carbocycles. The Kier molecular flexibility index (Phi) is 4.05. The summed E-state index contributed by atoms with van der Waals surface area (Å²) in [6.45, 7) is 0.923. The van der Waals surface area contributed by atoms with E-state index in [1.54, 1.807) is 24.2 Å². The van der Waals surface area contributed by atoms with Crippen molar-refractivity contribution in [2.24, 2.45) is 7.05 Å². The van der Waals surface area contributed by atoms with Crippen LogP contribution in [-0.2, 0) is 16.9 Å². The maximum Gasteiger partial charge on any atom is 0.254 e. The maximum atomic E-state index is 12.6. The number of thiophene rings is 1. The number of carbonyl (C=O) groups is 1. The molecule has 0 radical (unpaired) electrons. The zero-order valence-electron chi connectivity index (χ0n) is 12.2. The van der Waals surface area contributed by atoms with Gasteiger partial charge in [0.1, 0.15) is 0 Å². The monoisotopic (exact) mass is 339 g/mol. The van der Waals surface area contributed by atoms with Crippen LogP contribution in [0.3, 0.4) is 0 Å². The number of carbonyl (C=O) groups excluding carboxylic acids is 1. The van der Waals surface area contributed by atoms with Crippen LogP contribution in [0.1, 0.15) is 23.2 Å². The summed E-state index contributed by atoms with van der Waals surface area (Å²) < 4.78 is 26.7. The molecular formula is C14H17N3O3S2. The fourth-order valence-corrected chi connectivity index (χ4v) is 5.14. The first-order valence-corrected chi connectivity index (χ1v) is 9.52. The highest BCUT2D eigenvalue weighted by Gasteiger charge is 2.35. The summed E-state index contributed by atoms with van der Waals surface area (Å²) in [5, 5.41) is 3.32. The van der Waals surface area contributed by atoms with E-state index in [0.717, 1.165) is 0 Å². The molecule has 3 rings (SSSR count). The number of piperidine rings is 1. The minimum atomic E-state index is -3.44. The Hall–Kier alpha value is -1.67. The SMILES string of the molecule is Cn1ccnc1S(=O)(=O)C1CCN(C(=O)c2ccsc2)CC1. The fourth-order valence-electron chi connectivity index (χ4n) is 2.71. The molecule has 118 valence electrons. The second-order valence-electron chi connectivity index (χ2n) is 5.37. The zero-order chi connectivity index (χ0) is 15.7. The van der Waals surface area contributed by atoms with Crippen molar-refractivity contribution in [3.8, 4) is 0 Å². The average molecular weight is 339 g/mol. The maximum absolute atomic E-state index is 12.6. The molecule has 2 aromatic rings. The minimum absolute atomic E-state index is 0.0194. The Balaban J connectivity index is 1.70. The number of hydrogen-bond acceptors (Lipinski definition) is 5. The molecule has 1 saturated heterocycles. The Morgan fingerprint density at radius 3 is 2.64 bits per heavy atom. The molecule has 3 heterocycles. The molecule has 1 aliphatic heterocycles. The summed E-state index contributed by atoms with van der Waals surface area (Å²) in [4.78, 5) is 17.9. The standard InChI is InChI=1S/C14H17N3O3S2/c1-16-8-5-15-14(16)22(19,20)12-2-6-17(7-3-12)13(18)11-4-9-21-10-11/h4-5,8-10,12H,2-3,6-7H2,1H3. The highest BCUT2D eigenvalue weighted by molar-refractivity contribution is 7.91. The summed E-state index contributed by atoms with van der Waals surface area (Å²) in [6, 6.07) is 1.80. The van der Waals surface area contributed by atoms with Crippen molar-refractivity contribution in [1.82, 2.24) is 14.5 Å². The molecule has 2 aromatic heterocycles. The van der Waals surface area contributed by atoms with Gasteiger partial charge in [0.05, 0.1) is 10.8 Å². The highest BCUT2D eigenvalue weighted by Crippen LogP contribution is 2.24. The molecule has 0 unspecified atom stereocenters. The molecule has 0 aromatic carbocycles. The summed E-state index contributed by atoms with van der Waals surface area (Å²) in [5.41, 5.74) is 0.676. The second-order valence-corrected chi connectivity index (χ2v) is 8.27. The summed E-state index contributed by atoms with van der Waals surface area (Å²) in [5.74, 6) is -0.0194. The van der Waals surface area contributed by atoms with E-state index >= 15 is 0 Å². The summed E-state index contributed by atoms with van der Waals surface area (Å²) in [6.07, 6.45) is 4.01. The van der Waals surface area contributed by atoms with Crippen LogP contribution >= 0.6 is 11.3 Å². The number of rotatable bonds is 3. The third kappa shape index (κ3) is 2.68. The molecule has 0 spiro atoms. The van der Waals surface area contributed by atoms with Gasteiger partial charge in [-0.25, -0.2) is 13.4 Å². The van der Waals surface area contributed by atoms with Gasteiger partial charge in [-0.05, 0) is 24.3 Å². The quantitative estimate of drug-likeness (QED) is 0.851. The van der Waals surface area contributed by atoms with Crippen LogP contribution in [0, 0.1) is 0 Å². The van der Waals surface area contributed by atoms with Gasteiger partial charge in [0, 0.05) is 37.9 Å². The Morgan fingerprint density at radius 2 is 2.09 bits per heavy atom. The minimum Gasteiger partial charge on any atom is -0.339 e. The van der Waals surface area contributed by atoms with Gasteiger partial charge < -0.3 is 9.47 Å². The van der Waals surface area contributed by atoms with Crippen LogP contribution in [0.25, 0.3) is 0 Å². The largest absolute Gasteiger partial charge is 0.339 e. The van der Waals surface area contributed by atoms with E-state index in [4.69, 9.17) is 0 Å². The van der Waals surface area contributed by atoms with E-state index < -0.39 is 15.1 Å². The van der Waals surface area contributed by atoms with Crippen LogP contribution in [0.15, 0.2) is 34.4 Å². The predicted molar refractivity (Wildman–Crippen MR) is 83.6 cm³/mol. The van der Waals surface area contributed by atoms with E-state index in [1.165, 1.54) is 22.1 Å². The third-order valence-corrected chi connectivity index (χ3v) is 6.90. The Morgan fingerprint density at radius 1 is 1.36 bits per heavy atom. The lowest BCUT2D eigenvalue weighted by Gasteiger charge is -2.31. The topological polar surface area (TPSA) is 72.3 Å². The summed E-state index contributed by atoms with van der Waals surface area (Å²) >= 11 is 1.48. The van der Waals surface area contributed by atoms with Crippen molar-refractivity contribution in [2.75, 3.05) is 13.1 Å². The predicted octanol–water partition coefficient (Wildman–Crippen LogP) is 1.56. The van der Waals surface area contributed by atoms with Gasteiger partial charge >= 0.3 is 0 Å². The van der Waals surface area contributed by atoms with Crippen molar-refractivity contribution in [1.29, 1.82) is 0 Å². The van der Waals surface area contributed by atoms with E-state index in [1.807, 2.05) is 10.8 Å². The zero-order valence-corrected chi connectivity index (χ0v) is 13.8. The molecule has 8 heteroatoms. The lowest BCUT2D eigenvalue weighted by Crippen LogP contribution is -2.42. The molecule has 0 bridgehead atoms. The molecule has 22 heavy (non-hydrogen) atoms. The number of likely N-dealkylation sites (tertiary alicyclic amines) is 1. The number of imidazole rings is 1. The molecule has 0 aliphatic carbocycles. The molecule has 6 nitrogen and oxygen atoms in total. The van der Waals surface area contributed by atoms with Gasteiger partial charge in [0.15, 0.2) is 0 Å². The Bertz CT molecular complexity index is 757. The first-order chi connectivity index (χ1) is 10.5. The number of hydrogen-bond donors (Lipinski definition) is 0. The number of nitrogens with zero attached hydrogens (tertiary/aromatic N) is 3. The van der Waals surface area contributed by atoms with Gasteiger partial charge in [-0.3, -0.25) is 4.79 Å². The van der Waals surface area contributed by atoms with Crippen LogP contribution in [0.5, 0.6) is 0 Å². The number of amides is 1. The third-order valence-electron chi connectivity index (χ3n) is 3.97. The van der Waals surface area contributed by atoms with E-state index in [2.05, 4.69) is 4.98 Å². The van der Waals surface area contributed by atoms with Gasteiger partial charge in [-0.2, -0.15) is 11.3 Å². The molecule has 0 atom stereocenters. The number of aryl methyl sites for hydroxylation is 1. The van der Waals surface area contributed by atoms with Crippen molar-refractivity contribution >= 4 is 27.1 Å². The van der Waals surface area contributed by atoms with Gasteiger partial charge in [0.25, 0.3) is 5.91 Å². The fraction of sp³-hybridized carbons (Fsp3) is 0.429. The van der Waals surface area contributed by atoms with Crippen molar-refractivity contribution in [3.05, 3.63) is 34.8 Å². The Labute approximate surface area is 133 Å². The smallest absolute Gasteiger partial charge is 0.254 e. The second kappa shape index (κ2) is 5.85. The number of aromatic nitrogens is 2. The highest BCUT2D eigenvalue weighted by atomic mass is 32.2.